The van der Waals surface area contributed by atoms with Gasteiger partial charge in [0.05, 0.1) is 12.7 Å². The van der Waals surface area contributed by atoms with Gasteiger partial charge < -0.3 is 4.74 Å². The number of rotatable bonds is 15. The van der Waals surface area contributed by atoms with Crippen LogP contribution in [-0.4, -0.2) is 37.2 Å². The van der Waals surface area contributed by atoms with Crippen molar-refractivity contribution in [2.75, 3.05) is 26.2 Å². The van der Waals surface area contributed by atoms with E-state index in [0.29, 0.717) is 6.10 Å². The predicted octanol–water partition coefficient (Wildman–Crippen LogP) is 4.79. The lowest BCUT2D eigenvalue weighted by molar-refractivity contribution is 0.257. The van der Waals surface area contributed by atoms with Gasteiger partial charge in [-0.15, -0.1) is 6.58 Å². The Morgan fingerprint density at radius 1 is 1.00 bits per heavy atom. The van der Waals surface area contributed by atoms with Crippen molar-refractivity contribution in [3.05, 3.63) is 12.7 Å². The Labute approximate surface area is 126 Å². The standard InChI is InChI=1S/C18H35NO/c1-3-5-6-7-8-9-10-11-12-13-15-19(14-4-2)16-18-17-20-18/h4,18H,2-3,5-17H2,1H3. The van der Waals surface area contributed by atoms with E-state index in [4.69, 9.17) is 4.74 Å². The maximum Gasteiger partial charge on any atom is 0.0936 e. The maximum absolute atomic E-state index is 5.31. The Morgan fingerprint density at radius 3 is 2.05 bits per heavy atom. The molecular weight excluding hydrogens is 246 g/mol. The highest BCUT2D eigenvalue weighted by Crippen LogP contribution is 2.13. The summed E-state index contributed by atoms with van der Waals surface area (Å²) in [6, 6.07) is 0. The van der Waals surface area contributed by atoms with Crippen LogP contribution < -0.4 is 0 Å². The average molecular weight is 281 g/mol. The molecule has 1 saturated heterocycles. The molecule has 0 radical (unpaired) electrons. The molecule has 0 bridgehead atoms. The van der Waals surface area contributed by atoms with E-state index in [2.05, 4.69) is 18.4 Å². The van der Waals surface area contributed by atoms with Crippen LogP contribution in [0.15, 0.2) is 12.7 Å². The topological polar surface area (TPSA) is 15.8 Å². The summed E-state index contributed by atoms with van der Waals surface area (Å²) < 4.78 is 5.31. The van der Waals surface area contributed by atoms with Gasteiger partial charge in [0.25, 0.3) is 0 Å². The molecule has 118 valence electrons. The summed E-state index contributed by atoms with van der Waals surface area (Å²) in [5, 5.41) is 0. The quantitative estimate of drug-likeness (QED) is 0.243. The van der Waals surface area contributed by atoms with Gasteiger partial charge in [0, 0.05) is 13.1 Å². The molecule has 1 aliphatic rings. The second-order valence-electron chi connectivity index (χ2n) is 6.19. The molecule has 0 spiro atoms. The molecule has 0 aromatic heterocycles. The molecule has 0 saturated carbocycles. The maximum atomic E-state index is 5.31. The second kappa shape index (κ2) is 12.4. The lowest BCUT2D eigenvalue weighted by Gasteiger charge is -2.19. The molecule has 20 heavy (non-hydrogen) atoms. The van der Waals surface area contributed by atoms with Gasteiger partial charge in [-0.2, -0.15) is 0 Å². The zero-order valence-corrected chi connectivity index (χ0v) is 13.6. The Hall–Kier alpha value is -0.340. The van der Waals surface area contributed by atoms with E-state index in [9.17, 15) is 0 Å². The lowest BCUT2D eigenvalue weighted by Crippen LogP contribution is -2.29. The van der Waals surface area contributed by atoms with Crippen LogP contribution in [0.4, 0.5) is 0 Å². The van der Waals surface area contributed by atoms with Crippen LogP contribution in [0.2, 0.25) is 0 Å². The zero-order valence-electron chi connectivity index (χ0n) is 13.6. The van der Waals surface area contributed by atoms with E-state index >= 15 is 0 Å². The van der Waals surface area contributed by atoms with E-state index < -0.39 is 0 Å². The van der Waals surface area contributed by atoms with Gasteiger partial charge >= 0.3 is 0 Å². The molecule has 1 rings (SSSR count). The molecule has 2 nitrogen and oxygen atoms in total. The molecule has 1 heterocycles. The van der Waals surface area contributed by atoms with Gasteiger partial charge in [-0.25, -0.2) is 0 Å². The normalized spacial score (nSPS) is 17.6. The summed E-state index contributed by atoms with van der Waals surface area (Å²) in [5.41, 5.74) is 0. The highest BCUT2D eigenvalue weighted by molar-refractivity contribution is 4.79. The van der Waals surface area contributed by atoms with Gasteiger partial charge in [0.15, 0.2) is 0 Å². The van der Waals surface area contributed by atoms with E-state index in [1.54, 1.807) is 0 Å². The largest absolute Gasteiger partial charge is 0.372 e. The second-order valence-corrected chi connectivity index (χ2v) is 6.19. The number of hydrogen-bond donors (Lipinski definition) is 0. The van der Waals surface area contributed by atoms with Crippen molar-refractivity contribution >= 4 is 0 Å². The van der Waals surface area contributed by atoms with Crippen LogP contribution in [0.1, 0.15) is 71.1 Å². The van der Waals surface area contributed by atoms with E-state index in [0.717, 1.165) is 19.7 Å². The van der Waals surface area contributed by atoms with Crippen molar-refractivity contribution in [3.8, 4) is 0 Å². The zero-order chi connectivity index (χ0) is 14.5. The van der Waals surface area contributed by atoms with Crippen LogP contribution in [-0.2, 0) is 4.74 Å². The predicted molar refractivity (Wildman–Crippen MR) is 88.2 cm³/mol. The number of hydrogen-bond acceptors (Lipinski definition) is 2. The fourth-order valence-electron chi connectivity index (χ4n) is 2.72. The first-order valence-electron chi connectivity index (χ1n) is 8.81. The fraction of sp³-hybridized carbons (Fsp3) is 0.889. The first-order valence-corrected chi connectivity index (χ1v) is 8.81. The van der Waals surface area contributed by atoms with Crippen molar-refractivity contribution in [1.29, 1.82) is 0 Å². The van der Waals surface area contributed by atoms with E-state index in [-0.39, 0.29) is 0 Å². The summed E-state index contributed by atoms with van der Waals surface area (Å²) in [5.74, 6) is 0. The van der Waals surface area contributed by atoms with E-state index in [1.807, 2.05) is 6.08 Å². The highest BCUT2D eigenvalue weighted by atomic mass is 16.6. The van der Waals surface area contributed by atoms with Gasteiger partial charge in [0.1, 0.15) is 0 Å². The van der Waals surface area contributed by atoms with Gasteiger partial charge in [-0.3, -0.25) is 4.90 Å². The molecule has 1 aliphatic heterocycles. The van der Waals surface area contributed by atoms with Crippen molar-refractivity contribution in [1.82, 2.24) is 4.90 Å². The van der Waals surface area contributed by atoms with Gasteiger partial charge in [0.2, 0.25) is 0 Å². The Kier molecular flexibility index (Phi) is 11.0. The smallest absolute Gasteiger partial charge is 0.0936 e. The van der Waals surface area contributed by atoms with Crippen molar-refractivity contribution in [2.45, 2.75) is 77.2 Å². The van der Waals surface area contributed by atoms with Crippen molar-refractivity contribution in [2.24, 2.45) is 0 Å². The molecule has 1 atom stereocenters. The number of epoxide rings is 1. The molecule has 1 unspecified atom stereocenters. The van der Waals surface area contributed by atoms with Gasteiger partial charge in [-0.05, 0) is 13.0 Å². The number of ether oxygens (including phenoxy) is 1. The monoisotopic (exact) mass is 281 g/mol. The van der Waals surface area contributed by atoms with E-state index in [1.165, 1.54) is 70.8 Å². The molecule has 2 heteroatoms. The summed E-state index contributed by atoms with van der Waals surface area (Å²) >= 11 is 0. The summed E-state index contributed by atoms with van der Waals surface area (Å²) in [6.07, 6.45) is 16.6. The first-order chi connectivity index (χ1) is 9.86. The third-order valence-electron chi connectivity index (χ3n) is 4.08. The minimum Gasteiger partial charge on any atom is -0.372 e. The van der Waals surface area contributed by atoms with Crippen LogP contribution in [0.3, 0.4) is 0 Å². The minimum atomic E-state index is 0.512. The molecule has 0 aromatic rings. The Bertz CT molecular complexity index is 225. The Morgan fingerprint density at radius 2 is 1.55 bits per heavy atom. The van der Waals surface area contributed by atoms with Crippen LogP contribution in [0.25, 0.3) is 0 Å². The fourth-order valence-corrected chi connectivity index (χ4v) is 2.72. The molecule has 0 aromatic carbocycles. The van der Waals surface area contributed by atoms with Gasteiger partial charge in [-0.1, -0.05) is 70.8 Å². The Balaban J connectivity index is 1.83. The molecule has 0 aliphatic carbocycles. The summed E-state index contributed by atoms with van der Waals surface area (Å²) in [6.45, 7) is 10.4. The molecule has 1 fully saturated rings. The average Bonchev–Trinajstić information content (AvgIpc) is 3.25. The third-order valence-corrected chi connectivity index (χ3v) is 4.08. The van der Waals surface area contributed by atoms with Crippen LogP contribution >= 0.6 is 0 Å². The minimum absolute atomic E-state index is 0.512. The van der Waals surface area contributed by atoms with Crippen LogP contribution in [0, 0.1) is 0 Å². The number of nitrogens with zero attached hydrogens (tertiary/aromatic N) is 1. The SMILES string of the molecule is C=CCN(CCCCCCCCCCCC)CC1CO1. The molecular formula is C18H35NO. The van der Waals surface area contributed by atoms with Crippen LogP contribution in [0.5, 0.6) is 0 Å². The van der Waals surface area contributed by atoms with Crippen molar-refractivity contribution < 1.29 is 4.74 Å². The summed E-state index contributed by atoms with van der Waals surface area (Å²) in [7, 11) is 0. The van der Waals surface area contributed by atoms with Crippen molar-refractivity contribution in [3.63, 3.8) is 0 Å². The number of unbranched alkanes of at least 4 members (excludes halogenated alkanes) is 9. The summed E-state index contributed by atoms with van der Waals surface area (Å²) in [4.78, 5) is 2.48. The lowest BCUT2D eigenvalue weighted by atomic mass is 10.1. The molecule has 0 amide bonds. The molecule has 0 N–H and O–H groups in total. The third kappa shape index (κ3) is 10.4. The first kappa shape index (κ1) is 17.7. The highest BCUT2D eigenvalue weighted by Gasteiger charge is 2.24.